The van der Waals surface area contributed by atoms with Crippen molar-refractivity contribution < 1.29 is 28.6 Å². The van der Waals surface area contributed by atoms with E-state index in [0.717, 1.165) is 12.0 Å². The maximum absolute atomic E-state index is 13.2. The lowest BCUT2D eigenvalue weighted by molar-refractivity contribution is -0.149. The molecule has 3 N–H and O–H groups in total. The van der Waals surface area contributed by atoms with E-state index in [0.29, 0.717) is 25.1 Å². The second-order valence-electron chi connectivity index (χ2n) is 9.01. The first-order valence-electron chi connectivity index (χ1n) is 12.0. The van der Waals surface area contributed by atoms with E-state index in [1.807, 2.05) is 30.3 Å². The number of rotatable bonds is 6. The second kappa shape index (κ2) is 12.1. The molecule has 2 aliphatic heterocycles. The summed E-state index contributed by atoms with van der Waals surface area (Å²) >= 11 is 0. The topological polar surface area (TPSA) is 100 Å². The Kier molecular flexibility index (Phi) is 8.68. The third kappa shape index (κ3) is 7.24. The summed E-state index contributed by atoms with van der Waals surface area (Å²) in [6, 6.07) is 14.8. The van der Waals surface area contributed by atoms with E-state index >= 15 is 0 Å². The highest BCUT2D eigenvalue weighted by atomic mass is 19.1. The molecule has 2 aromatic rings. The molecule has 2 fully saturated rings. The smallest absolute Gasteiger partial charge is 0.322 e. The molecule has 2 aromatic carbocycles. The summed E-state index contributed by atoms with van der Waals surface area (Å²) in [5, 5.41) is 16.0. The fraction of sp³-hybridized carbons (Fsp3) is 0.462. The van der Waals surface area contributed by atoms with E-state index in [1.165, 1.54) is 24.3 Å². The van der Waals surface area contributed by atoms with Crippen LogP contribution in [0.5, 0.6) is 0 Å². The highest BCUT2D eigenvalue weighted by molar-refractivity contribution is 5.89. The molecule has 2 aliphatic rings. The Morgan fingerprint density at radius 2 is 1.83 bits per heavy atom. The highest BCUT2D eigenvalue weighted by Gasteiger charge is 2.40. The van der Waals surface area contributed by atoms with Gasteiger partial charge in [-0.2, -0.15) is 0 Å². The van der Waals surface area contributed by atoms with Crippen LogP contribution in [0.4, 0.5) is 14.9 Å². The summed E-state index contributed by atoms with van der Waals surface area (Å²) in [7, 11) is 0. The second-order valence-corrected chi connectivity index (χ2v) is 9.01. The first-order valence-corrected chi connectivity index (χ1v) is 12.0. The van der Waals surface area contributed by atoms with E-state index in [2.05, 4.69) is 10.6 Å². The molecule has 35 heavy (non-hydrogen) atoms. The Bertz CT molecular complexity index is 975. The Labute approximate surface area is 204 Å². The van der Waals surface area contributed by atoms with Gasteiger partial charge in [0.05, 0.1) is 44.4 Å². The molecule has 0 unspecified atom stereocenters. The van der Waals surface area contributed by atoms with E-state index in [-0.39, 0.29) is 44.2 Å². The molecule has 3 amide bonds. The van der Waals surface area contributed by atoms with Crippen LogP contribution in [-0.2, 0) is 20.7 Å². The summed E-state index contributed by atoms with van der Waals surface area (Å²) < 4.78 is 25.0. The van der Waals surface area contributed by atoms with Crippen LogP contribution in [-0.4, -0.2) is 72.6 Å². The zero-order valence-corrected chi connectivity index (χ0v) is 19.6. The quantitative estimate of drug-likeness (QED) is 0.584. The van der Waals surface area contributed by atoms with E-state index in [9.17, 15) is 19.1 Å². The number of amides is 3. The highest BCUT2D eigenvalue weighted by Crippen LogP contribution is 2.28. The normalized spacial score (nSPS) is 24.6. The van der Waals surface area contributed by atoms with Crippen LogP contribution in [0.3, 0.4) is 0 Å². The van der Waals surface area contributed by atoms with Gasteiger partial charge >= 0.3 is 6.03 Å². The maximum atomic E-state index is 13.2. The Morgan fingerprint density at radius 1 is 1.06 bits per heavy atom. The Balaban J connectivity index is 1.32. The monoisotopic (exact) mass is 485 g/mol. The lowest BCUT2D eigenvalue weighted by atomic mass is 9.95. The molecule has 4 atom stereocenters. The van der Waals surface area contributed by atoms with Crippen LogP contribution >= 0.6 is 0 Å². The van der Waals surface area contributed by atoms with Crippen molar-refractivity contribution in [3.05, 3.63) is 66.0 Å². The molecular weight excluding hydrogens is 453 g/mol. The third-order valence-electron chi connectivity index (χ3n) is 6.33. The number of nitrogens with one attached hydrogen (secondary N) is 2. The minimum atomic E-state index is -0.831. The predicted octanol–water partition coefficient (Wildman–Crippen LogP) is 2.72. The van der Waals surface area contributed by atoms with E-state index in [1.54, 1.807) is 4.90 Å². The van der Waals surface area contributed by atoms with Crippen molar-refractivity contribution in [1.29, 1.82) is 0 Å². The van der Waals surface area contributed by atoms with Crippen molar-refractivity contribution in [3.8, 4) is 0 Å². The summed E-state index contributed by atoms with van der Waals surface area (Å²) in [6.07, 6.45) is 0.686. The molecular formula is C26H32FN3O5. The average molecular weight is 486 g/mol. The lowest BCUT2D eigenvalue weighted by Gasteiger charge is -2.44. The lowest BCUT2D eigenvalue weighted by Crippen LogP contribution is -2.58. The molecule has 4 rings (SSSR count). The van der Waals surface area contributed by atoms with Gasteiger partial charge < -0.3 is 30.1 Å². The van der Waals surface area contributed by atoms with Gasteiger partial charge in [-0.3, -0.25) is 4.79 Å². The Hall–Kier alpha value is -3.01. The molecule has 2 heterocycles. The molecule has 0 aliphatic carbocycles. The van der Waals surface area contributed by atoms with Crippen molar-refractivity contribution in [2.75, 3.05) is 31.6 Å². The number of ether oxygens (including phenoxy) is 2. The number of urea groups is 1. The number of nitrogens with zero attached hydrogens (tertiary/aromatic N) is 1. The SMILES string of the molecule is O=C(C[C@@H]1CC[C@H]2[C@@H](COC[C@@H](O)CN2C(=O)Nc2ccc(F)cc2)O1)NCCc1ccccc1. The number of β-amino-alcohol motifs (C(OH)–C–C–N with tert-alkyl or cyclic N) is 1. The Morgan fingerprint density at radius 3 is 2.60 bits per heavy atom. The number of benzene rings is 2. The van der Waals surface area contributed by atoms with Gasteiger partial charge in [0, 0.05) is 12.2 Å². The van der Waals surface area contributed by atoms with Gasteiger partial charge in [0.1, 0.15) is 11.9 Å². The number of aliphatic hydroxyl groups is 1. The predicted molar refractivity (Wildman–Crippen MR) is 128 cm³/mol. The summed E-state index contributed by atoms with van der Waals surface area (Å²) in [4.78, 5) is 27.1. The van der Waals surface area contributed by atoms with Crippen LogP contribution in [0, 0.1) is 5.82 Å². The molecule has 9 heteroatoms. The molecule has 0 bridgehead atoms. The maximum Gasteiger partial charge on any atom is 0.322 e. The molecule has 0 radical (unpaired) electrons. The van der Waals surface area contributed by atoms with Crippen LogP contribution in [0.25, 0.3) is 0 Å². The number of carbonyl (C=O) groups excluding carboxylic acids is 2. The average Bonchev–Trinajstić information content (AvgIpc) is 2.84. The van der Waals surface area contributed by atoms with Crippen molar-refractivity contribution >= 4 is 17.6 Å². The van der Waals surface area contributed by atoms with E-state index in [4.69, 9.17) is 9.47 Å². The zero-order chi connectivity index (χ0) is 24.6. The van der Waals surface area contributed by atoms with Crippen LogP contribution in [0.15, 0.2) is 54.6 Å². The van der Waals surface area contributed by atoms with Crippen molar-refractivity contribution in [1.82, 2.24) is 10.2 Å². The number of hydrogen-bond donors (Lipinski definition) is 3. The summed E-state index contributed by atoms with van der Waals surface area (Å²) in [5.74, 6) is -0.463. The minimum Gasteiger partial charge on any atom is -0.389 e. The van der Waals surface area contributed by atoms with Gasteiger partial charge in [0.15, 0.2) is 0 Å². The molecule has 188 valence electrons. The van der Waals surface area contributed by atoms with E-state index < -0.39 is 24.1 Å². The van der Waals surface area contributed by atoms with Gasteiger partial charge in [-0.1, -0.05) is 30.3 Å². The first-order chi connectivity index (χ1) is 17.0. The zero-order valence-electron chi connectivity index (χ0n) is 19.6. The molecule has 2 saturated heterocycles. The van der Waals surface area contributed by atoms with Gasteiger partial charge in [-0.15, -0.1) is 0 Å². The van der Waals surface area contributed by atoms with Crippen LogP contribution < -0.4 is 10.6 Å². The molecule has 0 saturated carbocycles. The fourth-order valence-corrected chi connectivity index (χ4v) is 4.57. The largest absolute Gasteiger partial charge is 0.389 e. The van der Waals surface area contributed by atoms with Gasteiger partial charge in [0.2, 0.25) is 5.91 Å². The summed E-state index contributed by atoms with van der Waals surface area (Å²) in [6.45, 7) is 0.938. The van der Waals surface area contributed by atoms with Gasteiger partial charge in [-0.25, -0.2) is 9.18 Å². The number of carbonyl (C=O) groups is 2. The standard InChI is InChI=1S/C26H32FN3O5/c27-19-6-8-20(9-7-19)29-26(33)30-15-21(31)16-34-17-24-23(30)11-10-22(35-24)14-25(32)28-13-12-18-4-2-1-3-5-18/h1-9,21-24,31H,10-17H2,(H,28,32)(H,29,33)/t21-,22-,23-,24+/m0/s1. The number of aliphatic hydroxyl groups excluding tert-OH is 1. The number of hydrogen-bond acceptors (Lipinski definition) is 5. The molecule has 0 aromatic heterocycles. The first kappa shape index (κ1) is 25.1. The van der Waals surface area contributed by atoms with Gasteiger partial charge in [-0.05, 0) is 49.1 Å². The van der Waals surface area contributed by atoms with Crippen molar-refractivity contribution in [3.63, 3.8) is 0 Å². The van der Waals surface area contributed by atoms with Crippen LogP contribution in [0.2, 0.25) is 0 Å². The third-order valence-corrected chi connectivity index (χ3v) is 6.33. The number of anilines is 1. The molecule has 0 spiro atoms. The number of halogens is 1. The fourth-order valence-electron chi connectivity index (χ4n) is 4.57. The van der Waals surface area contributed by atoms with Gasteiger partial charge in [0.25, 0.3) is 0 Å². The van der Waals surface area contributed by atoms with Crippen molar-refractivity contribution in [2.45, 2.75) is 50.0 Å². The molecule has 8 nitrogen and oxygen atoms in total. The summed E-state index contributed by atoms with van der Waals surface area (Å²) in [5.41, 5.74) is 1.62. The number of fused-ring (bicyclic) bond motifs is 1. The van der Waals surface area contributed by atoms with Crippen molar-refractivity contribution in [2.24, 2.45) is 0 Å². The minimum absolute atomic E-state index is 0.0718. The van der Waals surface area contributed by atoms with Crippen LogP contribution in [0.1, 0.15) is 24.8 Å².